The predicted octanol–water partition coefficient (Wildman–Crippen LogP) is 2.53. The van der Waals surface area contributed by atoms with Gasteiger partial charge in [0.25, 0.3) is 0 Å². The van der Waals surface area contributed by atoms with Crippen molar-refractivity contribution in [2.45, 2.75) is 13.8 Å². The van der Waals surface area contributed by atoms with Crippen LogP contribution in [0.15, 0.2) is 48.3 Å². The minimum absolute atomic E-state index is 0.839. The molecule has 7 nitrogen and oxygen atoms in total. The second-order valence-electron chi connectivity index (χ2n) is 4.27. The third-order valence-electron chi connectivity index (χ3n) is 2.39. The number of esters is 4. The van der Waals surface area contributed by atoms with E-state index in [1.807, 2.05) is 0 Å². The van der Waals surface area contributed by atoms with Crippen LogP contribution in [0.3, 0.4) is 0 Å². The second kappa shape index (κ2) is 7.87. The molecule has 0 spiro atoms. The zero-order valence-electron chi connectivity index (χ0n) is 20.9. The molecule has 0 fully saturated rings. The fraction of sp³-hybridized carbons (Fsp3) is 0.111. The molecule has 0 amide bonds. The van der Waals surface area contributed by atoms with Crippen molar-refractivity contribution >= 4 is 23.9 Å². The van der Waals surface area contributed by atoms with Gasteiger partial charge in [-0.15, -0.1) is 0 Å². The van der Waals surface area contributed by atoms with Gasteiger partial charge in [0.1, 0.15) is 22.6 Å². The molecule has 0 saturated heterocycles. The first-order chi connectivity index (χ1) is 15.2. The second-order valence-corrected chi connectivity index (χ2v) is 4.27. The van der Waals surface area contributed by atoms with Crippen molar-refractivity contribution < 1.29 is 44.4 Å². The molecular weight excluding hydrogens is 328 g/mol. The molecule has 0 atom stereocenters. The summed E-state index contributed by atoms with van der Waals surface area (Å²) in [6.07, 6.45) is 0. The maximum Gasteiger partial charge on any atom is 0.349 e. The summed E-state index contributed by atoms with van der Waals surface area (Å²) < 4.78 is 76.0. The Kier molecular flexibility index (Phi) is 3.06. The molecule has 0 N–H and O–H groups in total. The molecule has 0 aliphatic rings. The van der Waals surface area contributed by atoms with E-state index in [4.69, 9.17) is 20.4 Å². The highest BCUT2D eigenvalue weighted by atomic mass is 16.6. The van der Waals surface area contributed by atoms with Crippen LogP contribution in [0.1, 0.15) is 45.5 Å². The molecule has 0 bridgehead atoms. The van der Waals surface area contributed by atoms with Crippen molar-refractivity contribution in [2.24, 2.45) is 0 Å². The van der Waals surface area contributed by atoms with E-state index in [9.17, 15) is 19.2 Å². The van der Waals surface area contributed by atoms with E-state index < -0.39 is 94.8 Å². The van der Waals surface area contributed by atoms with Gasteiger partial charge < -0.3 is 14.2 Å². The van der Waals surface area contributed by atoms with Crippen molar-refractivity contribution in [3.63, 3.8) is 0 Å². The largest absolute Gasteiger partial charge is 0.426 e. The Morgan fingerprint density at radius 2 is 1.08 bits per heavy atom. The summed E-state index contributed by atoms with van der Waals surface area (Å²) in [5.74, 6) is -7.36. The van der Waals surface area contributed by atoms with Gasteiger partial charge in [0.2, 0.25) is 0 Å². The van der Waals surface area contributed by atoms with Gasteiger partial charge in [-0.05, 0) is 24.2 Å². The number of rotatable bonds is 4. The summed E-state index contributed by atoms with van der Waals surface area (Å²) >= 11 is 0. The van der Waals surface area contributed by atoms with Gasteiger partial charge in [0.15, 0.2) is 0 Å². The molecule has 0 saturated carbocycles. The van der Waals surface area contributed by atoms with Crippen molar-refractivity contribution in [1.29, 1.82) is 0 Å². The zero-order chi connectivity index (χ0) is 25.4. The summed E-state index contributed by atoms with van der Waals surface area (Å²) in [6.45, 7) is 1.79. The highest BCUT2D eigenvalue weighted by Crippen LogP contribution is 2.22. The lowest BCUT2D eigenvalue weighted by Crippen LogP contribution is -2.16. The van der Waals surface area contributed by atoms with Crippen LogP contribution in [0.2, 0.25) is 0 Å². The number of carbonyl (C=O) groups excluding carboxylic acids is 4. The van der Waals surface area contributed by atoms with E-state index in [1.54, 1.807) is 0 Å². The average Bonchev–Trinajstić information content (AvgIpc) is 2.72. The molecule has 0 heterocycles. The highest BCUT2D eigenvalue weighted by molar-refractivity contribution is 6.05. The van der Waals surface area contributed by atoms with Crippen molar-refractivity contribution in [2.75, 3.05) is 0 Å². The molecule has 25 heavy (non-hydrogen) atoms. The first-order valence-electron chi connectivity index (χ1n) is 10.5. The van der Waals surface area contributed by atoms with Crippen LogP contribution in [-0.2, 0) is 14.3 Å². The smallest absolute Gasteiger partial charge is 0.349 e. The van der Waals surface area contributed by atoms with Crippen LogP contribution in [-0.4, -0.2) is 23.9 Å². The lowest BCUT2D eigenvalue weighted by Gasteiger charge is -2.10. The maximum absolute atomic E-state index is 12.7. The number of hydrogen-bond donors (Lipinski definition) is 0. The lowest BCUT2D eigenvalue weighted by molar-refractivity contribution is -0.132. The van der Waals surface area contributed by atoms with Crippen molar-refractivity contribution in [3.05, 3.63) is 59.5 Å². The third kappa shape index (κ3) is 4.74. The fourth-order valence-corrected chi connectivity index (χ4v) is 1.52. The number of hydrogen-bond acceptors (Lipinski definition) is 7. The van der Waals surface area contributed by atoms with E-state index >= 15 is 0 Å². The first kappa shape index (κ1) is 9.73. The molecule has 2 aromatic rings. The molecular formula is C18H14O7. The van der Waals surface area contributed by atoms with Crippen LogP contribution < -0.4 is 9.47 Å². The number of para-hydroxylation sites is 2. The topological polar surface area (TPSA) is 96.0 Å². The van der Waals surface area contributed by atoms with E-state index in [1.165, 1.54) is 0 Å². The SMILES string of the molecule is [2H]c1c([2H])c([2H])c(C(=O)OC(=O)c2c([2H])c([2H])c([2H])c([2H])c2OC(C)=O)c(OC(C)=O)c1[2H]. The summed E-state index contributed by atoms with van der Waals surface area (Å²) in [5, 5.41) is 0. The Labute approximate surface area is 154 Å². The van der Waals surface area contributed by atoms with Crippen molar-refractivity contribution in [3.8, 4) is 11.5 Å². The van der Waals surface area contributed by atoms with Gasteiger partial charge in [-0.3, -0.25) is 9.59 Å². The number of ether oxygens (including phenoxy) is 3. The van der Waals surface area contributed by atoms with Gasteiger partial charge in [-0.2, -0.15) is 0 Å². The Balaban J connectivity index is 2.66. The molecule has 0 aliphatic carbocycles. The van der Waals surface area contributed by atoms with Crippen molar-refractivity contribution in [1.82, 2.24) is 0 Å². The molecule has 0 unspecified atom stereocenters. The summed E-state index contributed by atoms with van der Waals surface area (Å²) in [5.41, 5.74) is -2.03. The van der Waals surface area contributed by atoms with Crippen LogP contribution in [0.4, 0.5) is 0 Å². The first-order valence-corrected chi connectivity index (χ1v) is 6.54. The Bertz CT molecular complexity index is 1130. The monoisotopic (exact) mass is 350 g/mol. The lowest BCUT2D eigenvalue weighted by atomic mass is 10.2. The molecule has 128 valence electrons. The number of carbonyl (C=O) groups is 4. The molecule has 2 rings (SSSR count). The van der Waals surface area contributed by atoms with Gasteiger partial charge >= 0.3 is 23.9 Å². The quantitative estimate of drug-likeness (QED) is 0.475. The predicted molar refractivity (Wildman–Crippen MR) is 85.2 cm³/mol. The van der Waals surface area contributed by atoms with Crippen LogP contribution >= 0.6 is 0 Å². The molecule has 2 aromatic carbocycles. The van der Waals surface area contributed by atoms with E-state index in [2.05, 4.69) is 4.74 Å². The molecule has 7 heteroatoms. The van der Waals surface area contributed by atoms with Gasteiger partial charge in [-0.1, -0.05) is 24.2 Å². The third-order valence-corrected chi connectivity index (χ3v) is 2.39. The van der Waals surface area contributed by atoms with E-state index in [-0.39, 0.29) is 0 Å². The standard InChI is InChI=1S/C18H14O7/c1-11(19)23-15-9-5-3-7-13(15)17(21)25-18(22)14-8-4-6-10-16(14)24-12(2)20/h3-10H,1-2H3/i3D,4D,5D,6D,7D,8D,9D,10D. The highest BCUT2D eigenvalue weighted by Gasteiger charge is 2.22. The van der Waals surface area contributed by atoms with Gasteiger partial charge in [-0.25, -0.2) is 9.59 Å². The van der Waals surface area contributed by atoms with Crippen LogP contribution in [0, 0.1) is 0 Å². The van der Waals surface area contributed by atoms with Crippen LogP contribution in [0.25, 0.3) is 0 Å². The molecule has 0 aliphatic heterocycles. The Morgan fingerprint density at radius 3 is 1.44 bits per heavy atom. The number of benzene rings is 2. The van der Waals surface area contributed by atoms with Gasteiger partial charge in [0, 0.05) is 13.8 Å². The summed E-state index contributed by atoms with van der Waals surface area (Å²) in [4.78, 5) is 48.1. The summed E-state index contributed by atoms with van der Waals surface area (Å²) in [6, 6.07) is -7.31. The molecule has 0 aromatic heterocycles. The minimum Gasteiger partial charge on any atom is -0.426 e. The van der Waals surface area contributed by atoms with Gasteiger partial charge in [0.05, 0.1) is 11.0 Å². The maximum atomic E-state index is 12.7. The normalized spacial score (nSPS) is 14.3. The zero-order valence-corrected chi connectivity index (χ0v) is 12.9. The van der Waals surface area contributed by atoms with Crippen LogP contribution in [0.5, 0.6) is 11.5 Å². The molecule has 0 radical (unpaired) electrons. The van der Waals surface area contributed by atoms with E-state index in [0.717, 1.165) is 13.8 Å². The van der Waals surface area contributed by atoms with E-state index in [0.29, 0.717) is 0 Å². The average molecular weight is 350 g/mol. The minimum atomic E-state index is -1.72. The Morgan fingerprint density at radius 1 is 0.720 bits per heavy atom. The summed E-state index contributed by atoms with van der Waals surface area (Å²) in [7, 11) is 0. The fourth-order valence-electron chi connectivity index (χ4n) is 1.52. The Hall–Kier alpha value is -3.48.